The molecule has 1 amide bonds. The third-order valence-electron chi connectivity index (χ3n) is 3.69. The van der Waals surface area contributed by atoms with Crippen LogP contribution >= 0.6 is 0 Å². The molecule has 1 heterocycles. The summed E-state index contributed by atoms with van der Waals surface area (Å²) in [5, 5.41) is 21.8. The lowest BCUT2D eigenvalue weighted by Crippen LogP contribution is -2.34. The van der Waals surface area contributed by atoms with Gasteiger partial charge in [-0.3, -0.25) is 9.89 Å². The molecule has 7 nitrogen and oxygen atoms in total. The fourth-order valence-electron chi connectivity index (χ4n) is 2.52. The number of carboxylic acids is 1. The molecule has 0 bridgehead atoms. The first kappa shape index (κ1) is 16.5. The lowest BCUT2D eigenvalue weighted by Gasteiger charge is -2.17. The van der Waals surface area contributed by atoms with E-state index in [1.54, 1.807) is 33.0 Å². The van der Waals surface area contributed by atoms with Crippen molar-refractivity contribution in [2.75, 3.05) is 12.4 Å². The Balaban J connectivity index is 2.37. The van der Waals surface area contributed by atoms with Gasteiger partial charge in [0.05, 0.1) is 11.3 Å². The Morgan fingerprint density at radius 3 is 2.48 bits per heavy atom. The number of carbonyl (C=O) groups excluding carboxylic acids is 1. The minimum atomic E-state index is -1.16. The van der Waals surface area contributed by atoms with Crippen molar-refractivity contribution in [3.8, 4) is 0 Å². The molecular weight excluding hydrogens is 296 g/mol. The topological polar surface area (TPSA) is 107 Å². The van der Waals surface area contributed by atoms with E-state index in [0.29, 0.717) is 28.2 Å². The molecule has 0 saturated heterocycles. The van der Waals surface area contributed by atoms with E-state index in [4.69, 9.17) is 0 Å². The number of amides is 1. The standard InChI is InChI=1S/C16H20N4O3/c1-8-5-6-12(17-4)11(7-8)15(21)18-14(16(22)23)13-9(2)19-20-10(13)3/h5-7,14,17H,1-4H3,(H,18,21)(H,19,20)(H,22,23). The molecule has 0 radical (unpaired) electrons. The van der Waals surface area contributed by atoms with Gasteiger partial charge in [0.25, 0.3) is 5.91 Å². The van der Waals surface area contributed by atoms with Crippen molar-refractivity contribution in [1.82, 2.24) is 15.5 Å². The van der Waals surface area contributed by atoms with Crippen LogP contribution in [0.2, 0.25) is 0 Å². The average Bonchev–Trinajstić information content (AvgIpc) is 2.83. The van der Waals surface area contributed by atoms with Gasteiger partial charge in [-0.15, -0.1) is 0 Å². The van der Waals surface area contributed by atoms with E-state index in [0.717, 1.165) is 5.56 Å². The number of H-pyrrole nitrogens is 1. The van der Waals surface area contributed by atoms with Gasteiger partial charge in [0, 0.05) is 24.0 Å². The number of benzene rings is 1. The first-order valence-corrected chi connectivity index (χ1v) is 7.18. The van der Waals surface area contributed by atoms with E-state index in [9.17, 15) is 14.7 Å². The second-order valence-corrected chi connectivity index (χ2v) is 5.39. The molecule has 122 valence electrons. The summed E-state index contributed by atoms with van der Waals surface area (Å²) in [6.07, 6.45) is 0. The highest BCUT2D eigenvalue weighted by molar-refractivity contribution is 6.01. The minimum Gasteiger partial charge on any atom is -0.479 e. The first-order valence-electron chi connectivity index (χ1n) is 7.18. The number of rotatable bonds is 5. The molecule has 1 atom stereocenters. The van der Waals surface area contributed by atoms with Crippen LogP contribution in [0.25, 0.3) is 0 Å². The minimum absolute atomic E-state index is 0.401. The van der Waals surface area contributed by atoms with Gasteiger partial charge in [-0.25, -0.2) is 4.79 Å². The number of anilines is 1. The molecule has 7 heteroatoms. The number of hydrogen-bond donors (Lipinski definition) is 4. The van der Waals surface area contributed by atoms with Crippen LogP contribution in [-0.4, -0.2) is 34.2 Å². The fraction of sp³-hybridized carbons (Fsp3) is 0.312. The zero-order valence-corrected chi connectivity index (χ0v) is 13.5. The molecule has 0 aliphatic rings. The third kappa shape index (κ3) is 3.33. The Bertz CT molecular complexity index is 732. The van der Waals surface area contributed by atoms with Crippen LogP contribution in [0, 0.1) is 20.8 Å². The van der Waals surface area contributed by atoms with E-state index in [-0.39, 0.29) is 0 Å². The van der Waals surface area contributed by atoms with Crippen LogP contribution < -0.4 is 10.6 Å². The van der Waals surface area contributed by atoms with Crippen LogP contribution in [0.3, 0.4) is 0 Å². The molecule has 0 saturated carbocycles. The number of aliphatic carboxylic acids is 1. The average molecular weight is 316 g/mol. The smallest absolute Gasteiger partial charge is 0.331 e. The van der Waals surface area contributed by atoms with E-state index >= 15 is 0 Å². The summed E-state index contributed by atoms with van der Waals surface area (Å²) in [5.74, 6) is -1.59. The molecule has 2 rings (SSSR count). The monoisotopic (exact) mass is 316 g/mol. The van der Waals surface area contributed by atoms with Gasteiger partial charge in [0.2, 0.25) is 0 Å². The van der Waals surface area contributed by atoms with Gasteiger partial charge >= 0.3 is 5.97 Å². The summed E-state index contributed by atoms with van der Waals surface area (Å²) in [6, 6.07) is 4.22. The highest BCUT2D eigenvalue weighted by Gasteiger charge is 2.28. The van der Waals surface area contributed by atoms with Gasteiger partial charge in [0.15, 0.2) is 6.04 Å². The molecule has 23 heavy (non-hydrogen) atoms. The molecule has 4 N–H and O–H groups in total. The Labute approximate surface area is 134 Å². The molecule has 1 aromatic carbocycles. The Morgan fingerprint density at radius 1 is 1.26 bits per heavy atom. The Kier molecular flexibility index (Phi) is 4.68. The number of aryl methyl sites for hydroxylation is 3. The summed E-state index contributed by atoms with van der Waals surface area (Å²) < 4.78 is 0. The maximum absolute atomic E-state index is 12.6. The number of hydrogen-bond acceptors (Lipinski definition) is 4. The van der Waals surface area contributed by atoms with Crippen LogP contribution in [0.15, 0.2) is 18.2 Å². The summed E-state index contributed by atoms with van der Waals surface area (Å²) in [7, 11) is 1.71. The second-order valence-electron chi connectivity index (χ2n) is 5.39. The van der Waals surface area contributed by atoms with Crippen molar-refractivity contribution in [3.63, 3.8) is 0 Å². The number of carboxylic acid groups (broad SMARTS) is 1. The summed E-state index contributed by atoms with van der Waals surface area (Å²) in [5.41, 5.74) is 3.60. The Morgan fingerprint density at radius 2 is 1.96 bits per heavy atom. The summed E-state index contributed by atoms with van der Waals surface area (Å²) in [6.45, 7) is 5.30. The molecule has 0 aliphatic carbocycles. The third-order valence-corrected chi connectivity index (χ3v) is 3.69. The van der Waals surface area contributed by atoms with Gasteiger partial charge in [0.1, 0.15) is 0 Å². The predicted molar refractivity (Wildman–Crippen MR) is 86.6 cm³/mol. The molecule has 2 aromatic rings. The van der Waals surface area contributed by atoms with E-state index in [1.165, 1.54) is 0 Å². The molecule has 0 fully saturated rings. The summed E-state index contributed by atoms with van der Waals surface area (Å²) in [4.78, 5) is 24.2. The molecule has 1 aromatic heterocycles. The first-order chi connectivity index (χ1) is 10.8. The lowest BCUT2D eigenvalue weighted by molar-refractivity contribution is -0.139. The number of nitrogens with one attached hydrogen (secondary N) is 3. The number of carbonyl (C=O) groups is 2. The van der Waals surface area contributed by atoms with Crippen molar-refractivity contribution in [1.29, 1.82) is 0 Å². The van der Waals surface area contributed by atoms with Crippen molar-refractivity contribution in [3.05, 3.63) is 46.3 Å². The molecular formula is C16H20N4O3. The van der Waals surface area contributed by atoms with Crippen molar-refractivity contribution >= 4 is 17.6 Å². The zero-order valence-electron chi connectivity index (χ0n) is 13.5. The van der Waals surface area contributed by atoms with Gasteiger partial charge in [-0.2, -0.15) is 5.10 Å². The predicted octanol–water partition coefficient (Wildman–Crippen LogP) is 1.93. The molecule has 1 unspecified atom stereocenters. The highest BCUT2D eigenvalue weighted by atomic mass is 16.4. The van der Waals surface area contributed by atoms with Crippen LogP contribution in [-0.2, 0) is 4.79 Å². The highest BCUT2D eigenvalue weighted by Crippen LogP contribution is 2.22. The molecule has 0 aliphatic heterocycles. The maximum Gasteiger partial charge on any atom is 0.331 e. The van der Waals surface area contributed by atoms with Gasteiger partial charge < -0.3 is 15.7 Å². The van der Waals surface area contributed by atoms with E-state index in [1.807, 2.05) is 13.0 Å². The molecule has 0 spiro atoms. The van der Waals surface area contributed by atoms with Crippen molar-refractivity contribution < 1.29 is 14.7 Å². The quantitative estimate of drug-likeness (QED) is 0.674. The SMILES string of the molecule is CNc1ccc(C)cc1C(=O)NC(C(=O)O)c1c(C)n[nH]c1C. The number of aromatic amines is 1. The van der Waals surface area contributed by atoms with E-state index < -0.39 is 17.9 Å². The zero-order chi connectivity index (χ0) is 17.1. The maximum atomic E-state index is 12.6. The normalized spacial score (nSPS) is 11.8. The van der Waals surface area contributed by atoms with Gasteiger partial charge in [-0.05, 0) is 32.9 Å². The van der Waals surface area contributed by atoms with E-state index in [2.05, 4.69) is 20.8 Å². The van der Waals surface area contributed by atoms with Crippen LogP contribution in [0.1, 0.15) is 38.9 Å². The van der Waals surface area contributed by atoms with Crippen molar-refractivity contribution in [2.45, 2.75) is 26.8 Å². The Hall–Kier alpha value is -2.83. The van der Waals surface area contributed by atoms with Gasteiger partial charge in [-0.1, -0.05) is 11.6 Å². The van der Waals surface area contributed by atoms with Crippen LogP contribution in [0.4, 0.5) is 5.69 Å². The summed E-state index contributed by atoms with van der Waals surface area (Å²) >= 11 is 0. The van der Waals surface area contributed by atoms with Crippen LogP contribution in [0.5, 0.6) is 0 Å². The number of aromatic nitrogens is 2. The lowest BCUT2D eigenvalue weighted by atomic mass is 10.0. The number of nitrogens with zero attached hydrogens (tertiary/aromatic N) is 1. The van der Waals surface area contributed by atoms with Crippen molar-refractivity contribution in [2.24, 2.45) is 0 Å². The second kappa shape index (κ2) is 6.51. The largest absolute Gasteiger partial charge is 0.479 e. The fourth-order valence-corrected chi connectivity index (χ4v) is 2.52.